The molecule has 0 fully saturated rings. The lowest BCUT2D eigenvalue weighted by Crippen LogP contribution is -2.27. The summed E-state index contributed by atoms with van der Waals surface area (Å²) in [6, 6.07) is 15.1. The van der Waals surface area contributed by atoms with Gasteiger partial charge in [0.1, 0.15) is 5.75 Å². The molecule has 0 aliphatic heterocycles. The van der Waals surface area contributed by atoms with E-state index in [0.29, 0.717) is 22.1 Å². The van der Waals surface area contributed by atoms with Crippen LogP contribution >= 0.6 is 0 Å². The minimum absolute atomic E-state index is 0.0732. The molecule has 0 atom stereocenters. The molecule has 0 saturated heterocycles. The number of methoxy groups -OCH3 is 1. The van der Waals surface area contributed by atoms with E-state index in [0.717, 1.165) is 0 Å². The first-order valence-corrected chi connectivity index (χ1v) is 8.04. The predicted octanol–water partition coefficient (Wildman–Crippen LogP) is 2.72. The smallest absolute Gasteiger partial charge is 0.305 e. The predicted molar refractivity (Wildman–Crippen MR) is 96.9 cm³/mol. The van der Waals surface area contributed by atoms with E-state index in [2.05, 4.69) is 0 Å². The standard InChI is InChI=1S/C20H17NO5/c1-26-15-8-6-13(7-9-15)19(24)17-12-14-4-2-3-5-16(14)20(25)21(17)11-10-18(22)23/h2-9,12H,10-11H2,1H3,(H,22,23). The average Bonchev–Trinajstić information content (AvgIpc) is 2.66. The van der Waals surface area contributed by atoms with E-state index in [1.807, 2.05) is 0 Å². The van der Waals surface area contributed by atoms with E-state index in [-0.39, 0.29) is 30.0 Å². The summed E-state index contributed by atoms with van der Waals surface area (Å²) in [5.41, 5.74) is 0.186. The number of pyridine rings is 1. The van der Waals surface area contributed by atoms with Crippen molar-refractivity contribution < 1.29 is 19.4 Å². The molecule has 0 saturated carbocycles. The fraction of sp³-hybridized carbons (Fsp3) is 0.150. The first kappa shape index (κ1) is 17.4. The Morgan fingerprint density at radius 1 is 1.08 bits per heavy atom. The second-order valence-electron chi connectivity index (χ2n) is 5.77. The van der Waals surface area contributed by atoms with Gasteiger partial charge in [0.05, 0.1) is 19.2 Å². The van der Waals surface area contributed by atoms with Crippen LogP contribution in [0.15, 0.2) is 59.4 Å². The average molecular weight is 351 g/mol. The van der Waals surface area contributed by atoms with Crippen molar-refractivity contribution in [3.05, 3.63) is 76.2 Å². The summed E-state index contributed by atoms with van der Waals surface area (Å²) in [6.07, 6.45) is -0.249. The maximum absolute atomic E-state index is 13.0. The Bertz CT molecular complexity index is 1030. The van der Waals surface area contributed by atoms with Crippen LogP contribution in [0.5, 0.6) is 5.75 Å². The molecule has 6 nitrogen and oxygen atoms in total. The van der Waals surface area contributed by atoms with Crippen molar-refractivity contribution in [2.24, 2.45) is 0 Å². The van der Waals surface area contributed by atoms with Crippen molar-refractivity contribution in [3.63, 3.8) is 0 Å². The highest BCUT2D eigenvalue weighted by Crippen LogP contribution is 2.18. The number of nitrogens with zero attached hydrogens (tertiary/aromatic N) is 1. The number of benzene rings is 2. The number of carbonyl (C=O) groups is 2. The zero-order valence-electron chi connectivity index (χ0n) is 14.1. The molecule has 6 heteroatoms. The Balaban J connectivity index is 2.15. The topological polar surface area (TPSA) is 85.6 Å². The van der Waals surface area contributed by atoms with Gasteiger partial charge >= 0.3 is 5.97 Å². The van der Waals surface area contributed by atoms with Gasteiger partial charge in [0.15, 0.2) is 0 Å². The highest BCUT2D eigenvalue weighted by Gasteiger charge is 2.18. The first-order chi connectivity index (χ1) is 12.5. The third-order valence-electron chi connectivity index (χ3n) is 4.15. The lowest BCUT2D eigenvalue weighted by atomic mass is 10.0. The van der Waals surface area contributed by atoms with E-state index in [1.54, 1.807) is 54.6 Å². The molecule has 3 aromatic rings. The molecule has 0 bridgehead atoms. The molecule has 0 radical (unpaired) electrons. The molecule has 0 spiro atoms. The van der Waals surface area contributed by atoms with Crippen molar-refractivity contribution in [1.82, 2.24) is 4.57 Å². The van der Waals surface area contributed by atoms with Crippen LogP contribution < -0.4 is 10.3 Å². The van der Waals surface area contributed by atoms with Crippen LogP contribution in [0.25, 0.3) is 10.8 Å². The van der Waals surface area contributed by atoms with Crippen LogP contribution in [-0.4, -0.2) is 28.5 Å². The fourth-order valence-electron chi connectivity index (χ4n) is 2.81. The number of aromatic nitrogens is 1. The van der Waals surface area contributed by atoms with Crippen LogP contribution in [0.2, 0.25) is 0 Å². The Morgan fingerprint density at radius 2 is 1.77 bits per heavy atom. The summed E-state index contributed by atoms with van der Waals surface area (Å²) in [5, 5.41) is 10.1. The zero-order chi connectivity index (χ0) is 18.7. The van der Waals surface area contributed by atoms with Gasteiger partial charge in [0, 0.05) is 17.5 Å². The number of fused-ring (bicyclic) bond motifs is 1. The van der Waals surface area contributed by atoms with E-state index in [4.69, 9.17) is 9.84 Å². The second-order valence-corrected chi connectivity index (χ2v) is 5.77. The lowest BCUT2D eigenvalue weighted by Gasteiger charge is -2.13. The molecule has 132 valence electrons. The summed E-state index contributed by atoms with van der Waals surface area (Å²) in [5.74, 6) is -0.767. The van der Waals surface area contributed by atoms with Crippen molar-refractivity contribution >= 4 is 22.5 Å². The molecule has 0 unspecified atom stereocenters. The molecule has 3 rings (SSSR count). The highest BCUT2D eigenvalue weighted by atomic mass is 16.5. The molecule has 0 aliphatic rings. The molecular formula is C20H17NO5. The Hall–Kier alpha value is -3.41. The normalized spacial score (nSPS) is 10.7. The second kappa shape index (κ2) is 7.23. The maximum Gasteiger partial charge on any atom is 0.305 e. The third-order valence-corrected chi connectivity index (χ3v) is 4.15. The van der Waals surface area contributed by atoms with Crippen molar-refractivity contribution in [3.8, 4) is 5.75 Å². The van der Waals surface area contributed by atoms with E-state index < -0.39 is 5.97 Å². The summed E-state index contributed by atoms with van der Waals surface area (Å²) in [6.45, 7) is -0.0732. The van der Waals surface area contributed by atoms with E-state index >= 15 is 0 Å². The molecule has 2 aromatic carbocycles. The van der Waals surface area contributed by atoms with Gasteiger partial charge in [-0.2, -0.15) is 0 Å². The molecule has 1 N–H and O–H groups in total. The number of carboxylic acids is 1. The van der Waals surface area contributed by atoms with Crippen LogP contribution in [-0.2, 0) is 11.3 Å². The van der Waals surface area contributed by atoms with Gasteiger partial charge in [-0.25, -0.2) is 0 Å². The van der Waals surface area contributed by atoms with Gasteiger partial charge in [0.2, 0.25) is 5.78 Å². The Labute approximate surface area is 149 Å². The van der Waals surface area contributed by atoms with Crippen LogP contribution in [0, 0.1) is 0 Å². The molecule has 1 heterocycles. The fourth-order valence-corrected chi connectivity index (χ4v) is 2.81. The monoisotopic (exact) mass is 351 g/mol. The molecule has 26 heavy (non-hydrogen) atoms. The highest BCUT2D eigenvalue weighted by molar-refractivity contribution is 6.09. The van der Waals surface area contributed by atoms with Gasteiger partial charge in [0.25, 0.3) is 5.56 Å². The molecule has 1 aromatic heterocycles. The number of carboxylic acid groups (broad SMARTS) is 1. The lowest BCUT2D eigenvalue weighted by molar-refractivity contribution is -0.137. The van der Waals surface area contributed by atoms with Gasteiger partial charge in [-0.15, -0.1) is 0 Å². The Kier molecular flexibility index (Phi) is 4.84. The summed E-state index contributed by atoms with van der Waals surface area (Å²) in [4.78, 5) is 36.7. The maximum atomic E-state index is 13.0. The van der Waals surface area contributed by atoms with Crippen molar-refractivity contribution in [1.29, 1.82) is 0 Å². The van der Waals surface area contributed by atoms with Gasteiger partial charge < -0.3 is 14.4 Å². The largest absolute Gasteiger partial charge is 0.497 e. The van der Waals surface area contributed by atoms with Gasteiger partial charge in [-0.05, 0) is 41.8 Å². The minimum atomic E-state index is -1.03. The number of carbonyl (C=O) groups excluding carboxylic acids is 1. The van der Waals surface area contributed by atoms with E-state index in [9.17, 15) is 14.4 Å². The quantitative estimate of drug-likeness (QED) is 0.690. The van der Waals surface area contributed by atoms with Crippen LogP contribution in [0.3, 0.4) is 0 Å². The van der Waals surface area contributed by atoms with Crippen molar-refractivity contribution in [2.45, 2.75) is 13.0 Å². The number of hydrogen-bond donors (Lipinski definition) is 1. The van der Waals surface area contributed by atoms with Gasteiger partial charge in [-0.1, -0.05) is 18.2 Å². The van der Waals surface area contributed by atoms with E-state index in [1.165, 1.54) is 11.7 Å². The Morgan fingerprint density at radius 3 is 2.42 bits per heavy atom. The first-order valence-electron chi connectivity index (χ1n) is 8.04. The number of hydrogen-bond acceptors (Lipinski definition) is 4. The summed E-state index contributed by atoms with van der Waals surface area (Å²) < 4.78 is 6.33. The summed E-state index contributed by atoms with van der Waals surface area (Å²) >= 11 is 0. The van der Waals surface area contributed by atoms with Crippen molar-refractivity contribution in [2.75, 3.05) is 7.11 Å². The molecule has 0 amide bonds. The number of rotatable bonds is 6. The molecule has 0 aliphatic carbocycles. The minimum Gasteiger partial charge on any atom is -0.497 e. The SMILES string of the molecule is COc1ccc(C(=O)c2cc3ccccc3c(=O)n2CCC(=O)O)cc1. The van der Waals surface area contributed by atoms with Gasteiger partial charge in [-0.3, -0.25) is 14.4 Å². The third kappa shape index (κ3) is 3.35. The molecular weight excluding hydrogens is 334 g/mol. The number of aliphatic carboxylic acids is 1. The zero-order valence-corrected chi connectivity index (χ0v) is 14.1. The number of ketones is 1. The number of ether oxygens (including phenoxy) is 1. The van der Waals surface area contributed by atoms with Crippen LogP contribution in [0.4, 0.5) is 0 Å². The van der Waals surface area contributed by atoms with Crippen LogP contribution in [0.1, 0.15) is 22.5 Å². The summed E-state index contributed by atoms with van der Waals surface area (Å²) in [7, 11) is 1.53.